The lowest BCUT2D eigenvalue weighted by Crippen LogP contribution is -2.25. The standard InChI is InChI=1S/C25H39N5O4S/c1-5-6-7-23(28-18-9-8-17(12-18)14-34-35(27,31)32)30-22(26)13-20(29-30)19-10-11-21-24(16(19)2)25(3,4)15-33-21/h10-11,13,16-19H,5-9,12,14-15,26H2,1-4H3,(H2,27,31,32). The first-order chi connectivity index (χ1) is 16.5. The summed E-state index contributed by atoms with van der Waals surface area (Å²) in [6.07, 6.45) is 9.54. The second-order valence-electron chi connectivity index (χ2n) is 10.8. The zero-order valence-electron chi connectivity index (χ0n) is 21.2. The molecule has 4 atom stereocenters. The molecule has 1 aromatic rings. The zero-order valence-corrected chi connectivity index (χ0v) is 22.1. The zero-order chi connectivity index (χ0) is 25.4. The van der Waals surface area contributed by atoms with Crippen LogP contribution in [0.2, 0.25) is 0 Å². The molecule has 4 N–H and O–H groups in total. The van der Waals surface area contributed by atoms with Gasteiger partial charge in [0.2, 0.25) is 0 Å². The van der Waals surface area contributed by atoms with Gasteiger partial charge in [-0.2, -0.15) is 13.5 Å². The number of unbranched alkanes of at least 4 members (excludes halogenated alkanes) is 1. The van der Waals surface area contributed by atoms with Gasteiger partial charge >= 0.3 is 10.3 Å². The number of rotatable bonds is 8. The minimum absolute atomic E-state index is 0.00553. The van der Waals surface area contributed by atoms with E-state index in [1.807, 2.05) is 6.07 Å². The van der Waals surface area contributed by atoms with Crippen LogP contribution in [-0.2, 0) is 19.2 Å². The van der Waals surface area contributed by atoms with Crippen LogP contribution in [-0.4, -0.2) is 43.3 Å². The fraction of sp³-hybridized carbons (Fsp3) is 0.680. The van der Waals surface area contributed by atoms with Crippen molar-refractivity contribution in [2.24, 2.45) is 27.4 Å². The van der Waals surface area contributed by atoms with Crippen LogP contribution in [0.15, 0.2) is 34.5 Å². The van der Waals surface area contributed by atoms with Crippen molar-refractivity contribution in [3.8, 4) is 0 Å². The first kappa shape index (κ1) is 25.9. The third kappa shape index (κ3) is 5.81. The average Bonchev–Trinajstić information content (AvgIpc) is 3.47. The van der Waals surface area contributed by atoms with E-state index < -0.39 is 10.3 Å². The molecule has 1 saturated carbocycles. The van der Waals surface area contributed by atoms with E-state index in [0.29, 0.717) is 12.4 Å². The smallest absolute Gasteiger partial charge is 0.333 e. The van der Waals surface area contributed by atoms with E-state index in [-0.39, 0.29) is 35.8 Å². The van der Waals surface area contributed by atoms with Crippen molar-refractivity contribution in [3.05, 3.63) is 35.2 Å². The van der Waals surface area contributed by atoms with Gasteiger partial charge in [0.1, 0.15) is 17.4 Å². The summed E-state index contributed by atoms with van der Waals surface area (Å²) in [7, 11) is -3.92. The number of hydrogen-bond donors (Lipinski definition) is 2. The highest BCUT2D eigenvalue weighted by molar-refractivity contribution is 7.84. The fourth-order valence-electron chi connectivity index (χ4n) is 5.68. The summed E-state index contributed by atoms with van der Waals surface area (Å²) in [6, 6.07) is 2.05. The number of ether oxygens (including phenoxy) is 1. The number of nitrogen functional groups attached to an aromatic ring is 1. The molecule has 2 aliphatic carbocycles. The van der Waals surface area contributed by atoms with E-state index in [0.717, 1.165) is 55.8 Å². The molecule has 1 aromatic heterocycles. The van der Waals surface area contributed by atoms with E-state index in [4.69, 9.17) is 29.9 Å². The lowest BCUT2D eigenvalue weighted by atomic mass is 9.71. The van der Waals surface area contributed by atoms with Crippen LogP contribution in [0.3, 0.4) is 0 Å². The number of allylic oxidation sites excluding steroid dienone is 2. The van der Waals surface area contributed by atoms with Crippen LogP contribution in [0.1, 0.15) is 77.8 Å². The molecule has 4 unspecified atom stereocenters. The minimum atomic E-state index is -3.92. The Morgan fingerprint density at radius 3 is 2.86 bits per heavy atom. The monoisotopic (exact) mass is 505 g/mol. The molecular formula is C25H39N5O4S. The van der Waals surface area contributed by atoms with Gasteiger partial charge in [0.15, 0.2) is 0 Å². The topological polar surface area (TPSA) is 135 Å². The first-order valence-corrected chi connectivity index (χ1v) is 14.1. The van der Waals surface area contributed by atoms with Crippen LogP contribution in [0.25, 0.3) is 0 Å². The Bertz CT molecular complexity index is 1130. The third-order valence-electron chi connectivity index (χ3n) is 7.44. The molecular weight excluding hydrogens is 466 g/mol. The molecule has 0 bridgehead atoms. The molecule has 10 heteroatoms. The van der Waals surface area contributed by atoms with Crippen LogP contribution in [0.5, 0.6) is 0 Å². The van der Waals surface area contributed by atoms with E-state index in [1.165, 1.54) is 5.57 Å². The Morgan fingerprint density at radius 2 is 2.14 bits per heavy atom. The Morgan fingerprint density at radius 1 is 1.37 bits per heavy atom. The molecule has 4 rings (SSSR count). The maximum atomic E-state index is 11.1. The van der Waals surface area contributed by atoms with Gasteiger partial charge in [-0.15, -0.1) is 0 Å². The maximum Gasteiger partial charge on any atom is 0.333 e. The fourth-order valence-corrected chi connectivity index (χ4v) is 6.06. The molecule has 1 aliphatic heterocycles. The maximum absolute atomic E-state index is 11.1. The molecule has 2 heterocycles. The quantitative estimate of drug-likeness (QED) is 0.406. The third-order valence-corrected chi connectivity index (χ3v) is 7.91. The van der Waals surface area contributed by atoms with Gasteiger partial charge in [-0.3, -0.25) is 9.18 Å². The molecule has 0 aromatic carbocycles. The number of nitrogens with zero attached hydrogens (tertiary/aromatic N) is 3. The van der Waals surface area contributed by atoms with Crippen molar-refractivity contribution in [2.45, 2.75) is 78.2 Å². The molecule has 0 spiro atoms. The van der Waals surface area contributed by atoms with Gasteiger partial charge in [-0.25, -0.2) is 9.82 Å². The second kappa shape index (κ2) is 10.1. The van der Waals surface area contributed by atoms with Crippen molar-refractivity contribution in [3.63, 3.8) is 0 Å². The summed E-state index contributed by atoms with van der Waals surface area (Å²) in [6.45, 7) is 9.66. The highest BCUT2D eigenvalue weighted by Crippen LogP contribution is 2.48. The van der Waals surface area contributed by atoms with Gasteiger partial charge in [0.05, 0.1) is 24.9 Å². The largest absolute Gasteiger partial charge is 0.493 e. The highest BCUT2D eigenvalue weighted by atomic mass is 32.2. The van der Waals surface area contributed by atoms with Crippen LogP contribution in [0.4, 0.5) is 5.82 Å². The van der Waals surface area contributed by atoms with Crippen LogP contribution >= 0.6 is 0 Å². The summed E-state index contributed by atoms with van der Waals surface area (Å²) in [4.78, 5) is 5.05. The lowest BCUT2D eigenvalue weighted by molar-refractivity contribution is 0.191. The van der Waals surface area contributed by atoms with Gasteiger partial charge in [-0.05, 0) is 49.2 Å². The number of hydrogen-bond acceptors (Lipinski definition) is 7. The Kier molecular flexibility index (Phi) is 7.45. The predicted molar refractivity (Wildman–Crippen MR) is 137 cm³/mol. The van der Waals surface area contributed by atoms with Crippen LogP contribution in [0, 0.1) is 17.3 Å². The normalized spacial score (nSPS) is 28.4. The van der Waals surface area contributed by atoms with Gasteiger partial charge in [0.25, 0.3) is 0 Å². The molecule has 0 amide bonds. The van der Waals surface area contributed by atoms with Crippen molar-refractivity contribution in [1.29, 1.82) is 0 Å². The highest BCUT2D eigenvalue weighted by Gasteiger charge is 2.41. The summed E-state index contributed by atoms with van der Waals surface area (Å²) < 4.78 is 34.8. The van der Waals surface area contributed by atoms with E-state index >= 15 is 0 Å². The van der Waals surface area contributed by atoms with Crippen molar-refractivity contribution in [2.75, 3.05) is 18.9 Å². The van der Waals surface area contributed by atoms with E-state index in [9.17, 15) is 8.42 Å². The molecule has 3 aliphatic rings. The summed E-state index contributed by atoms with van der Waals surface area (Å²) in [5, 5.41) is 9.93. The van der Waals surface area contributed by atoms with Crippen molar-refractivity contribution in [1.82, 2.24) is 9.78 Å². The number of aliphatic imine (C=N–C) groups is 1. The summed E-state index contributed by atoms with van der Waals surface area (Å²) in [5.41, 5.74) is 8.77. The number of aromatic nitrogens is 2. The molecule has 1 fully saturated rings. The second-order valence-corrected chi connectivity index (χ2v) is 12.0. The summed E-state index contributed by atoms with van der Waals surface area (Å²) in [5.74, 6) is 2.96. The molecule has 0 saturated heterocycles. The van der Waals surface area contributed by atoms with Crippen molar-refractivity contribution < 1.29 is 17.3 Å². The van der Waals surface area contributed by atoms with E-state index in [2.05, 4.69) is 39.8 Å². The van der Waals surface area contributed by atoms with Gasteiger partial charge in [0, 0.05) is 23.8 Å². The average molecular weight is 506 g/mol. The van der Waals surface area contributed by atoms with Crippen molar-refractivity contribution >= 4 is 22.0 Å². The first-order valence-electron chi connectivity index (χ1n) is 12.6. The summed E-state index contributed by atoms with van der Waals surface area (Å²) >= 11 is 0. The van der Waals surface area contributed by atoms with Crippen LogP contribution < -0.4 is 10.9 Å². The Hall–Kier alpha value is -2.17. The lowest BCUT2D eigenvalue weighted by Gasteiger charge is -2.30. The molecule has 9 nitrogen and oxygen atoms in total. The van der Waals surface area contributed by atoms with E-state index in [1.54, 1.807) is 4.68 Å². The Labute approximate surface area is 208 Å². The van der Waals surface area contributed by atoms with Gasteiger partial charge < -0.3 is 10.5 Å². The minimum Gasteiger partial charge on any atom is -0.493 e. The predicted octanol–water partition coefficient (Wildman–Crippen LogP) is 3.89. The number of anilines is 1. The molecule has 0 radical (unpaired) electrons. The Balaban J connectivity index is 1.54. The molecule has 194 valence electrons. The molecule has 35 heavy (non-hydrogen) atoms. The SMILES string of the molecule is CCCCC(=NC1CCC(COS(N)(=O)=O)C1)n1nc(C2C=CC3=C(C2C)C(C)(C)CO3)cc1N. The van der Waals surface area contributed by atoms with Gasteiger partial charge in [-0.1, -0.05) is 40.2 Å². The number of nitrogens with two attached hydrogens (primary N) is 2.